The molecule has 1 aliphatic carbocycles. The van der Waals surface area contributed by atoms with Crippen molar-refractivity contribution < 1.29 is 19.1 Å². The highest BCUT2D eigenvalue weighted by atomic mass is 16.5. The fourth-order valence-electron chi connectivity index (χ4n) is 5.93. The van der Waals surface area contributed by atoms with E-state index in [4.69, 9.17) is 4.74 Å². The van der Waals surface area contributed by atoms with Crippen LogP contribution in [0.5, 0.6) is 0 Å². The van der Waals surface area contributed by atoms with E-state index >= 15 is 0 Å². The van der Waals surface area contributed by atoms with Crippen molar-refractivity contribution in [3.63, 3.8) is 0 Å². The molecule has 36 heavy (non-hydrogen) atoms. The van der Waals surface area contributed by atoms with Gasteiger partial charge in [-0.25, -0.2) is 0 Å². The van der Waals surface area contributed by atoms with Crippen molar-refractivity contribution >= 4 is 29.1 Å². The molecule has 3 heterocycles. The lowest BCUT2D eigenvalue weighted by atomic mass is 9.75. The molecular formula is C27H35N5O4. The average Bonchev–Trinajstić information content (AvgIpc) is 3.47. The van der Waals surface area contributed by atoms with Crippen molar-refractivity contribution in [1.29, 1.82) is 0 Å². The Balaban J connectivity index is 1.35. The van der Waals surface area contributed by atoms with Crippen molar-refractivity contribution in [1.82, 2.24) is 15.1 Å². The van der Waals surface area contributed by atoms with Gasteiger partial charge in [0, 0.05) is 36.8 Å². The summed E-state index contributed by atoms with van der Waals surface area (Å²) in [7, 11) is 0. The van der Waals surface area contributed by atoms with Crippen LogP contribution in [0.3, 0.4) is 0 Å². The molecule has 9 nitrogen and oxygen atoms in total. The second-order valence-corrected chi connectivity index (χ2v) is 10.5. The normalized spacial score (nSPS) is 20.1. The molecule has 1 aromatic heterocycles. The zero-order chi connectivity index (χ0) is 25.3. The lowest BCUT2D eigenvalue weighted by molar-refractivity contribution is -0.124. The van der Waals surface area contributed by atoms with E-state index in [2.05, 4.69) is 21.0 Å². The summed E-state index contributed by atoms with van der Waals surface area (Å²) in [6.07, 6.45) is 7.94. The third kappa shape index (κ3) is 4.52. The van der Waals surface area contributed by atoms with Crippen LogP contribution in [0.1, 0.15) is 80.9 Å². The van der Waals surface area contributed by atoms with Crippen molar-refractivity contribution in [3.8, 4) is 0 Å². The lowest BCUT2D eigenvalue weighted by Crippen LogP contribution is -2.49. The predicted octanol–water partition coefficient (Wildman–Crippen LogP) is 3.78. The first-order chi connectivity index (χ1) is 17.4. The van der Waals surface area contributed by atoms with Crippen molar-refractivity contribution in [2.75, 3.05) is 23.8 Å². The molecule has 0 radical (unpaired) electrons. The standard InChI is InChI=1S/C27H35N5O4/c1-17(2)32-22(10-13-28-32)24(33)31-23(18-6-4-3-5-7-18)25(34)29-19-8-9-20-21(16-19)30-26(35)27(20)11-14-36-15-12-27/h8-10,13,16-18,23H,3-7,11-12,14-15H2,1-2H3,(H,29,34)(H,30,35)(H,31,33)/t23-/m0/s1. The van der Waals surface area contributed by atoms with Gasteiger partial charge in [-0.1, -0.05) is 25.3 Å². The monoisotopic (exact) mass is 493 g/mol. The Hall–Kier alpha value is -3.20. The number of hydrogen-bond donors (Lipinski definition) is 3. The van der Waals surface area contributed by atoms with Gasteiger partial charge in [0.2, 0.25) is 11.8 Å². The SMILES string of the molecule is CC(C)n1nccc1C(=O)N[C@H](C(=O)Nc1ccc2c(c1)NC(=O)C21CCOCC1)C1CCCCC1. The average molecular weight is 494 g/mol. The minimum Gasteiger partial charge on any atom is -0.381 e. The fourth-order valence-corrected chi connectivity index (χ4v) is 5.93. The lowest BCUT2D eigenvalue weighted by Gasteiger charge is -2.31. The van der Waals surface area contributed by atoms with Crippen LogP contribution in [-0.2, 0) is 19.7 Å². The van der Waals surface area contributed by atoms with Crippen LogP contribution >= 0.6 is 0 Å². The van der Waals surface area contributed by atoms with Crippen LogP contribution in [0.2, 0.25) is 0 Å². The first kappa shape index (κ1) is 24.5. The zero-order valence-corrected chi connectivity index (χ0v) is 21.0. The number of carbonyl (C=O) groups is 3. The number of anilines is 2. The molecule has 3 amide bonds. The van der Waals surface area contributed by atoms with Gasteiger partial charge in [0.05, 0.1) is 5.41 Å². The summed E-state index contributed by atoms with van der Waals surface area (Å²) in [4.78, 5) is 39.6. The highest BCUT2D eigenvalue weighted by molar-refractivity contribution is 6.07. The van der Waals surface area contributed by atoms with Gasteiger partial charge in [-0.3, -0.25) is 19.1 Å². The fraction of sp³-hybridized carbons (Fsp3) is 0.556. The number of nitrogens with zero attached hydrogens (tertiary/aromatic N) is 2. The molecule has 1 saturated carbocycles. The van der Waals surface area contributed by atoms with Crippen LogP contribution in [-0.4, -0.2) is 46.8 Å². The summed E-state index contributed by atoms with van der Waals surface area (Å²) >= 11 is 0. The third-order valence-corrected chi connectivity index (χ3v) is 7.91. The van der Waals surface area contributed by atoms with E-state index in [9.17, 15) is 14.4 Å². The second kappa shape index (κ2) is 10.0. The maximum atomic E-state index is 13.5. The molecule has 3 aliphatic rings. The third-order valence-electron chi connectivity index (χ3n) is 7.91. The van der Waals surface area contributed by atoms with Gasteiger partial charge in [0.25, 0.3) is 5.91 Å². The molecule has 1 aromatic carbocycles. The molecule has 0 unspecified atom stereocenters. The topological polar surface area (TPSA) is 114 Å². The first-order valence-electron chi connectivity index (χ1n) is 13.1. The minimum absolute atomic E-state index is 0.00149. The van der Waals surface area contributed by atoms with Crippen LogP contribution in [0.25, 0.3) is 0 Å². The van der Waals surface area contributed by atoms with Gasteiger partial charge in [0.1, 0.15) is 11.7 Å². The number of ether oxygens (including phenoxy) is 1. The highest BCUT2D eigenvalue weighted by Gasteiger charge is 2.47. The molecule has 5 rings (SSSR count). The van der Waals surface area contributed by atoms with E-state index in [0.29, 0.717) is 37.4 Å². The summed E-state index contributed by atoms with van der Waals surface area (Å²) in [6, 6.07) is 6.66. The number of amides is 3. The number of carbonyl (C=O) groups excluding carboxylic acids is 3. The van der Waals surface area contributed by atoms with E-state index in [1.165, 1.54) is 0 Å². The van der Waals surface area contributed by atoms with Crippen LogP contribution in [0.4, 0.5) is 11.4 Å². The van der Waals surface area contributed by atoms with Crippen LogP contribution < -0.4 is 16.0 Å². The van der Waals surface area contributed by atoms with Crippen molar-refractivity contribution in [2.45, 2.75) is 76.3 Å². The van der Waals surface area contributed by atoms with Gasteiger partial charge in [0.15, 0.2) is 0 Å². The van der Waals surface area contributed by atoms with Gasteiger partial charge in [-0.05, 0) is 69.2 Å². The highest BCUT2D eigenvalue weighted by Crippen LogP contribution is 2.45. The van der Waals surface area contributed by atoms with Crippen LogP contribution in [0, 0.1) is 5.92 Å². The number of rotatable bonds is 6. The Morgan fingerprint density at radius 2 is 1.89 bits per heavy atom. The number of hydrogen-bond acceptors (Lipinski definition) is 5. The number of fused-ring (bicyclic) bond motifs is 2. The van der Waals surface area contributed by atoms with E-state index < -0.39 is 11.5 Å². The molecule has 2 aromatic rings. The summed E-state index contributed by atoms with van der Waals surface area (Å²) in [5.41, 5.74) is 2.20. The molecule has 3 N–H and O–H groups in total. The van der Waals surface area contributed by atoms with Gasteiger partial charge < -0.3 is 20.7 Å². The smallest absolute Gasteiger partial charge is 0.270 e. The Bertz CT molecular complexity index is 1140. The molecular weight excluding hydrogens is 458 g/mol. The number of aromatic nitrogens is 2. The number of nitrogens with one attached hydrogen (secondary N) is 3. The largest absolute Gasteiger partial charge is 0.381 e. The Labute approximate surface area is 211 Å². The summed E-state index contributed by atoms with van der Waals surface area (Å²) in [6.45, 7) is 5.05. The summed E-state index contributed by atoms with van der Waals surface area (Å²) < 4.78 is 7.15. The Morgan fingerprint density at radius 1 is 1.14 bits per heavy atom. The van der Waals surface area contributed by atoms with Gasteiger partial charge in [-0.15, -0.1) is 0 Å². The summed E-state index contributed by atoms with van der Waals surface area (Å²) in [5.74, 6) is -0.471. The second-order valence-electron chi connectivity index (χ2n) is 10.5. The van der Waals surface area contributed by atoms with E-state index in [0.717, 1.165) is 43.4 Å². The molecule has 0 bridgehead atoms. The summed E-state index contributed by atoms with van der Waals surface area (Å²) in [5, 5.41) is 13.3. The minimum atomic E-state index is -0.655. The van der Waals surface area contributed by atoms with Crippen molar-refractivity contribution in [3.05, 3.63) is 41.7 Å². The maximum absolute atomic E-state index is 13.5. The molecule has 2 fully saturated rings. The molecule has 1 atom stereocenters. The van der Waals surface area contributed by atoms with E-state index in [1.54, 1.807) is 16.9 Å². The quantitative estimate of drug-likeness (QED) is 0.567. The Morgan fingerprint density at radius 3 is 2.61 bits per heavy atom. The molecule has 1 spiro atoms. The molecule has 1 saturated heterocycles. The molecule has 9 heteroatoms. The molecule has 192 valence electrons. The predicted molar refractivity (Wildman–Crippen MR) is 136 cm³/mol. The number of benzene rings is 1. The Kier molecular flexibility index (Phi) is 6.83. The maximum Gasteiger partial charge on any atom is 0.270 e. The van der Waals surface area contributed by atoms with E-state index in [1.807, 2.05) is 32.0 Å². The van der Waals surface area contributed by atoms with Gasteiger partial charge in [-0.2, -0.15) is 5.10 Å². The van der Waals surface area contributed by atoms with Crippen LogP contribution in [0.15, 0.2) is 30.5 Å². The first-order valence-corrected chi connectivity index (χ1v) is 13.1. The zero-order valence-electron chi connectivity index (χ0n) is 21.0. The van der Waals surface area contributed by atoms with E-state index in [-0.39, 0.29) is 29.7 Å². The molecule has 2 aliphatic heterocycles. The van der Waals surface area contributed by atoms with Crippen molar-refractivity contribution in [2.24, 2.45) is 5.92 Å². The van der Waals surface area contributed by atoms with Gasteiger partial charge >= 0.3 is 0 Å².